The lowest BCUT2D eigenvalue weighted by Gasteiger charge is -2.32. The van der Waals surface area contributed by atoms with Crippen molar-refractivity contribution in [1.29, 1.82) is 0 Å². The molecule has 31 heavy (non-hydrogen) atoms. The molecule has 1 unspecified atom stereocenters. The molecule has 1 saturated carbocycles. The van der Waals surface area contributed by atoms with Gasteiger partial charge in [0.2, 0.25) is 0 Å². The van der Waals surface area contributed by atoms with Crippen molar-refractivity contribution in [1.82, 2.24) is 14.9 Å². The molecule has 4 rings (SSSR count). The maximum atomic E-state index is 13.6. The van der Waals surface area contributed by atoms with Crippen LogP contribution in [0, 0.1) is 13.8 Å². The number of hydrogen-bond donors (Lipinski definition) is 1. The minimum Gasteiger partial charge on any atom is -0.467 e. The van der Waals surface area contributed by atoms with Gasteiger partial charge in [-0.2, -0.15) is 0 Å². The van der Waals surface area contributed by atoms with Gasteiger partial charge < -0.3 is 9.73 Å². The van der Waals surface area contributed by atoms with Crippen molar-refractivity contribution in [3.63, 3.8) is 0 Å². The molecule has 2 aromatic heterocycles. The van der Waals surface area contributed by atoms with Gasteiger partial charge in [-0.05, 0) is 67.5 Å². The van der Waals surface area contributed by atoms with Gasteiger partial charge >= 0.3 is 0 Å². The van der Waals surface area contributed by atoms with Gasteiger partial charge in [0.15, 0.2) is 11.7 Å². The van der Waals surface area contributed by atoms with E-state index in [0.717, 1.165) is 48.3 Å². The Morgan fingerprint density at radius 2 is 1.97 bits per heavy atom. The van der Waals surface area contributed by atoms with Crippen LogP contribution in [-0.2, 0) is 4.79 Å². The van der Waals surface area contributed by atoms with Gasteiger partial charge in [0, 0.05) is 17.1 Å². The van der Waals surface area contributed by atoms with Crippen molar-refractivity contribution in [3.05, 3.63) is 64.6 Å². The fourth-order valence-electron chi connectivity index (χ4n) is 4.09. The van der Waals surface area contributed by atoms with Crippen molar-refractivity contribution in [2.75, 3.05) is 4.90 Å². The highest BCUT2D eigenvalue weighted by Crippen LogP contribution is 2.33. The third-order valence-corrected chi connectivity index (χ3v) is 6.41. The van der Waals surface area contributed by atoms with Crippen LogP contribution in [0.25, 0.3) is 0 Å². The van der Waals surface area contributed by atoms with Gasteiger partial charge in [-0.1, -0.05) is 35.9 Å². The Morgan fingerprint density at radius 3 is 2.65 bits per heavy atom. The van der Waals surface area contributed by atoms with Crippen LogP contribution in [0.3, 0.4) is 0 Å². The molecule has 1 aromatic carbocycles. The van der Waals surface area contributed by atoms with E-state index in [1.54, 1.807) is 17.5 Å². The third-order valence-electron chi connectivity index (χ3n) is 5.90. The molecule has 1 fully saturated rings. The third kappa shape index (κ3) is 4.54. The Labute approximate surface area is 185 Å². The van der Waals surface area contributed by atoms with Gasteiger partial charge in [0.1, 0.15) is 5.76 Å². The molecule has 1 N–H and O–H groups in total. The number of rotatable bonds is 6. The largest absolute Gasteiger partial charge is 0.467 e. The van der Waals surface area contributed by atoms with Crippen molar-refractivity contribution < 1.29 is 14.0 Å². The smallest absolute Gasteiger partial charge is 0.280 e. The predicted molar refractivity (Wildman–Crippen MR) is 119 cm³/mol. The van der Waals surface area contributed by atoms with E-state index in [2.05, 4.69) is 14.9 Å². The van der Waals surface area contributed by atoms with Crippen LogP contribution >= 0.6 is 11.5 Å². The molecule has 1 aliphatic carbocycles. The Bertz CT molecular complexity index is 1030. The minimum absolute atomic E-state index is 0.107. The summed E-state index contributed by atoms with van der Waals surface area (Å²) in [6, 6.07) is 8.33. The van der Waals surface area contributed by atoms with Gasteiger partial charge in [-0.3, -0.25) is 14.5 Å². The molecule has 0 aliphatic heterocycles. The summed E-state index contributed by atoms with van der Waals surface area (Å²) in [5.41, 5.74) is 2.80. The van der Waals surface area contributed by atoms with Crippen LogP contribution in [-0.4, -0.2) is 27.4 Å². The Hall–Kier alpha value is -3.00. The maximum absolute atomic E-state index is 13.6. The second-order valence-electron chi connectivity index (χ2n) is 7.95. The number of hydrogen-bond acceptors (Lipinski definition) is 6. The number of nitrogens with one attached hydrogen (secondary N) is 1. The van der Waals surface area contributed by atoms with Gasteiger partial charge in [0.05, 0.1) is 6.26 Å². The summed E-state index contributed by atoms with van der Waals surface area (Å²) in [6.07, 6.45) is 6.80. The topological polar surface area (TPSA) is 88.3 Å². The van der Waals surface area contributed by atoms with Crippen molar-refractivity contribution >= 4 is 29.0 Å². The fraction of sp³-hybridized carbons (Fsp3) is 0.391. The number of carbonyl (C=O) groups excluding carboxylic acids is 2. The van der Waals surface area contributed by atoms with E-state index in [0.29, 0.717) is 11.4 Å². The summed E-state index contributed by atoms with van der Waals surface area (Å²) < 4.78 is 9.50. The molecule has 2 heterocycles. The van der Waals surface area contributed by atoms with Crippen LogP contribution in [0.5, 0.6) is 0 Å². The average molecular weight is 439 g/mol. The normalized spacial score (nSPS) is 15.4. The van der Waals surface area contributed by atoms with Gasteiger partial charge in [-0.25, -0.2) is 0 Å². The number of aromatic nitrogens is 2. The number of nitrogens with zero attached hydrogens (tertiary/aromatic N) is 3. The molecule has 3 aromatic rings. The monoisotopic (exact) mass is 438 g/mol. The minimum atomic E-state index is -0.952. The lowest BCUT2D eigenvalue weighted by molar-refractivity contribution is -0.123. The number of carbonyl (C=O) groups is 2. The highest BCUT2D eigenvalue weighted by molar-refractivity contribution is 7.03. The standard InChI is InChI=1S/C23H26N4O3S/c1-15-8-6-11-19(16(15)2)27(23(29)18-14-31-26-25-18)21(20-12-7-13-30-20)22(28)24-17-9-4-3-5-10-17/h6-8,11-14,17,21H,3-5,9-10H2,1-2H3,(H,24,28). The number of aryl methyl sites for hydroxylation is 1. The summed E-state index contributed by atoms with van der Waals surface area (Å²) in [4.78, 5) is 28.7. The lowest BCUT2D eigenvalue weighted by atomic mass is 9.95. The number of anilines is 1. The van der Waals surface area contributed by atoms with Crippen LogP contribution < -0.4 is 10.2 Å². The van der Waals surface area contributed by atoms with Gasteiger partial charge in [0.25, 0.3) is 11.8 Å². The molecule has 1 atom stereocenters. The molecule has 0 saturated heterocycles. The second-order valence-corrected chi connectivity index (χ2v) is 8.56. The Kier molecular flexibility index (Phi) is 6.46. The number of furan rings is 1. The average Bonchev–Trinajstić information content (AvgIpc) is 3.49. The SMILES string of the molecule is Cc1cccc(N(C(=O)c2csnn2)C(C(=O)NC2CCCCC2)c2ccco2)c1C. The summed E-state index contributed by atoms with van der Waals surface area (Å²) >= 11 is 1.10. The van der Waals surface area contributed by atoms with Crippen LogP contribution in [0.4, 0.5) is 5.69 Å². The van der Waals surface area contributed by atoms with Gasteiger partial charge in [-0.15, -0.1) is 5.10 Å². The molecule has 0 spiro atoms. The first-order valence-corrected chi connectivity index (χ1v) is 11.4. The maximum Gasteiger partial charge on any atom is 0.280 e. The highest BCUT2D eigenvalue weighted by atomic mass is 32.1. The van der Waals surface area contributed by atoms with Crippen LogP contribution in [0.1, 0.15) is 65.5 Å². The predicted octanol–water partition coefficient (Wildman–Crippen LogP) is 4.58. The van der Waals surface area contributed by atoms with E-state index in [-0.39, 0.29) is 23.6 Å². The Balaban J connectivity index is 1.78. The number of amides is 2. The van der Waals surface area contributed by atoms with Crippen molar-refractivity contribution in [2.24, 2.45) is 0 Å². The molecule has 1 aliphatic rings. The lowest BCUT2D eigenvalue weighted by Crippen LogP contribution is -2.47. The van der Waals surface area contributed by atoms with Crippen molar-refractivity contribution in [3.8, 4) is 0 Å². The summed E-state index contributed by atoms with van der Waals surface area (Å²) in [6.45, 7) is 3.93. The van der Waals surface area contributed by atoms with E-state index in [1.807, 2.05) is 32.0 Å². The van der Waals surface area contributed by atoms with E-state index < -0.39 is 6.04 Å². The first-order valence-electron chi connectivity index (χ1n) is 10.6. The fourth-order valence-corrected chi connectivity index (χ4v) is 4.52. The first-order chi connectivity index (χ1) is 15.1. The zero-order valence-corrected chi connectivity index (χ0v) is 18.5. The zero-order chi connectivity index (χ0) is 21.8. The molecule has 0 bridgehead atoms. The van der Waals surface area contributed by atoms with Crippen molar-refractivity contribution in [2.45, 2.75) is 58.0 Å². The second kappa shape index (κ2) is 9.43. The van der Waals surface area contributed by atoms with E-state index in [9.17, 15) is 9.59 Å². The van der Waals surface area contributed by atoms with E-state index in [4.69, 9.17) is 4.42 Å². The molecule has 162 valence electrons. The Morgan fingerprint density at radius 1 is 1.16 bits per heavy atom. The quantitative estimate of drug-likeness (QED) is 0.608. The molecule has 0 radical (unpaired) electrons. The molecular weight excluding hydrogens is 412 g/mol. The molecular formula is C23H26N4O3S. The van der Waals surface area contributed by atoms with E-state index in [1.165, 1.54) is 17.6 Å². The first kappa shape index (κ1) is 21.2. The van der Waals surface area contributed by atoms with Crippen LogP contribution in [0.2, 0.25) is 0 Å². The summed E-state index contributed by atoms with van der Waals surface area (Å²) in [5.74, 6) is -0.229. The number of benzene rings is 1. The summed E-state index contributed by atoms with van der Waals surface area (Å²) in [5, 5.41) is 8.73. The molecule has 8 heteroatoms. The highest BCUT2D eigenvalue weighted by Gasteiger charge is 2.38. The summed E-state index contributed by atoms with van der Waals surface area (Å²) in [7, 11) is 0. The molecule has 2 amide bonds. The molecule has 7 nitrogen and oxygen atoms in total. The zero-order valence-electron chi connectivity index (χ0n) is 17.7. The van der Waals surface area contributed by atoms with E-state index >= 15 is 0 Å². The van der Waals surface area contributed by atoms with Crippen LogP contribution in [0.15, 0.2) is 46.4 Å².